The summed E-state index contributed by atoms with van der Waals surface area (Å²) in [5, 5.41) is 11.2. The van der Waals surface area contributed by atoms with Crippen LogP contribution in [0.25, 0.3) is 0 Å². The summed E-state index contributed by atoms with van der Waals surface area (Å²) in [4.78, 5) is 36.1. The molecule has 0 saturated carbocycles. The maximum Gasteiger partial charge on any atom is 0.303 e. The molecular formula is C16H20N2O5. The van der Waals surface area contributed by atoms with E-state index in [2.05, 4.69) is 5.32 Å². The number of benzene rings is 1. The molecular weight excluding hydrogens is 300 g/mol. The fraction of sp³-hybridized carbons (Fsp3) is 0.438. The van der Waals surface area contributed by atoms with Gasteiger partial charge in [0.1, 0.15) is 5.75 Å². The molecule has 1 aromatic rings. The second-order valence-corrected chi connectivity index (χ2v) is 5.22. The van der Waals surface area contributed by atoms with Gasteiger partial charge in [0.15, 0.2) is 6.10 Å². The predicted octanol–water partition coefficient (Wildman–Crippen LogP) is 2.01. The summed E-state index contributed by atoms with van der Waals surface area (Å²) in [5.74, 6) is -0.925. The Morgan fingerprint density at radius 2 is 2.04 bits per heavy atom. The molecule has 0 aliphatic carbocycles. The van der Waals surface area contributed by atoms with Crippen LogP contribution in [0.2, 0.25) is 0 Å². The molecule has 0 saturated heterocycles. The first-order valence-corrected chi connectivity index (χ1v) is 7.60. The second-order valence-electron chi connectivity index (χ2n) is 5.22. The van der Waals surface area contributed by atoms with Crippen molar-refractivity contribution in [3.8, 4) is 5.75 Å². The van der Waals surface area contributed by atoms with Crippen molar-refractivity contribution < 1.29 is 24.2 Å². The van der Waals surface area contributed by atoms with Crippen LogP contribution in [0.4, 0.5) is 11.4 Å². The van der Waals surface area contributed by atoms with E-state index < -0.39 is 12.1 Å². The Morgan fingerprint density at radius 3 is 2.65 bits per heavy atom. The number of hydrogen-bond donors (Lipinski definition) is 2. The lowest BCUT2D eigenvalue weighted by molar-refractivity contribution is -0.138. The summed E-state index contributed by atoms with van der Waals surface area (Å²) >= 11 is 0. The fourth-order valence-corrected chi connectivity index (χ4v) is 2.43. The van der Waals surface area contributed by atoms with Gasteiger partial charge in [0.05, 0.1) is 12.1 Å². The summed E-state index contributed by atoms with van der Waals surface area (Å²) in [6.07, 6.45) is -0.280. The van der Waals surface area contributed by atoms with E-state index >= 15 is 0 Å². The zero-order valence-electron chi connectivity index (χ0n) is 13.2. The predicted molar refractivity (Wildman–Crippen MR) is 84.7 cm³/mol. The van der Waals surface area contributed by atoms with Crippen molar-refractivity contribution in [1.82, 2.24) is 0 Å². The molecule has 1 aliphatic heterocycles. The number of carbonyl (C=O) groups is 3. The normalized spacial score (nSPS) is 16.5. The number of aliphatic carboxylic acids is 1. The SMILES string of the molecule is CCC1Oc2cc(NC(=O)CCC(=O)O)ccc2N(CC)C1=O. The number of nitrogens with one attached hydrogen (secondary N) is 1. The molecule has 0 spiro atoms. The monoisotopic (exact) mass is 320 g/mol. The molecule has 7 nitrogen and oxygen atoms in total. The van der Waals surface area contributed by atoms with Gasteiger partial charge in [-0.1, -0.05) is 6.92 Å². The van der Waals surface area contributed by atoms with Crippen molar-refractivity contribution in [2.24, 2.45) is 0 Å². The summed E-state index contributed by atoms with van der Waals surface area (Å²) in [6.45, 7) is 4.30. The number of carboxylic acid groups (broad SMARTS) is 1. The number of hydrogen-bond acceptors (Lipinski definition) is 4. The Bertz CT molecular complexity index is 629. The maximum absolute atomic E-state index is 12.2. The topological polar surface area (TPSA) is 95.9 Å². The van der Waals surface area contributed by atoms with Crippen LogP contribution >= 0.6 is 0 Å². The van der Waals surface area contributed by atoms with Crippen LogP contribution in [-0.2, 0) is 14.4 Å². The van der Waals surface area contributed by atoms with Crippen LogP contribution < -0.4 is 15.0 Å². The first-order valence-electron chi connectivity index (χ1n) is 7.60. The fourth-order valence-electron chi connectivity index (χ4n) is 2.43. The largest absolute Gasteiger partial charge is 0.481 e. The molecule has 124 valence electrons. The third-order valence-corrected chi connectivity index (χ3v) is 3.60. The minimum Gasteiger partial charge on any atom is -0.481 e. The Kier molecular flexibility index (Phi) is 5.20. The molecule has 1 unspecified atom stereocenters. The van der Waals surface area contributed by atoms with Crippen molar-refractivity contribution in [2.75, 3.05) is 16.8 Å². The molecule has 2 rings (SSSR count). The average Bonchev–Trinajstić information content (AvgIpc) is 2.52. The van der Waals surface area contributed by atoms with Gasteiger partial charge in [0.25, 0.3) is 5.91 Å². The van der Waals surface area contributed by atoms with Crippen molar-refractivity contribution in [3.63, 3.8) is 0 Å². The molecule has 0 radical (unpaired) electrons. The van der Waals surface area contributed by atoms with Gasteiger partial charge in [0, 0.05) is 24.7 Å². The lowest BCUT2D eigenvalue weighted by atomic mass is 10.1. The van der Waals surface area contributed by atoms with Crippen LogP contribution in [-0.4, -0.2) is 35.5 Å². The zero-order valence-corrected chi connectivity index (χ0v) is 13.2. The molecule has 0 aromatic heterocycles. The third kappa shape index (κ3) is 3.80. The highest BCUT2D eigenvalue weighted by Gasteiger charge is 2.32. The lowest BCUT2D eigenvalue weighted by Crippen LogP contribution is -2.45. The smallest absolute Gasteiger partial charge is 0.303 e. The minimum absolute atomic E-state index is 0.0688. The third-order valence-electron chi connectivity index (χ3n) is 3.60. The Morgan fingerprint density at radius 1 is 1.30 bits per heavy atom. The molecule has 2 N–H and O–H groups in total. The van der Waals surface area contributed by atoms with Gasteiger partial charge in [-0.25, -0.2) is 0 Å². The number of carbonyl (C=O) groups excluding carboxylic acids is 2. The highest BCUT2D eigenvalue weighted by molar-refractivity contribution is 6.01. The summed E-state index contributed by atoms with van der Waals surface area (Å²) in [6, 6.07) is 5.05. The average molecular weight is 320 g/mol. The first kappa shape index (κ1) is 16.8. The van der Waals surface area contributed by atoms with Gasteiger partial charge in [-0.3, -0.25) is 14.4 Å². The second kappa shape index (κ2) is 7.13. The van der Waals surface area contributed by atoms with Crippen molar-refractivity contribution in [3.05, 3.63) is 18.2 Å². The Labute approximate surface area is 134 Å². The molecule has 7 heteroatoms. The van der Waals surface area contributed by atoms with Gasteiger partial charge >= 0.3 is 5.97 Å². The molecule has 0 fully saturated rings. The van der Waals surface area contributed by atoms with Crippen LogP contribution in [0.5, 0.6) is 5.75 Å². The molecule has 2 amide bonds. The molecule has 0 bridgehead atoms. The number of amides is 2. The Balaban J connectivity index is 2.17. The van der Waals surface area contributed by atoms with Gasteiger partial charge in [-0.15, -0.1) is 0 Å². The highest BCUT2D eigenvalue weighted by atomic mass is 16.5. The minimum atomic E-state index is -1.02. The van der Waals surface area contributed by atoms with Crippen LogP contribution in [0.15, 0.2) is 18.2 Å². The Hall–Kier alpha value is -2.57. The van der Waals surface area contributed by atoms with E-state index in [4.69, 9.17) is 9.84 Å². The number of likely N-dealkylation sites (N-methyl/N-ethyl adjacent to an activating group) is 1. The number of fused-ring (bicyclic) bond motifs is 1. The van der Waals surface area contributed by atoms with E-state index in [1.165, 1.54) is 0 Å². The number of anilines is 2. The summed E-state index contributed by atoms with van der Waals surface area (Å²) in [5.41, 5.74) is 1.19. The quantitative estimate of drug-likeness (QED) is 0.836. The molecule has 23 heavy (non-hydrogen) atoms. The molecule has 1 heterocycles. The van der Waals surface area contributed by atoms with Gasteiger partial charge < -0.3 is 20.1 Å². The van der Waals surface area contributed by atoms with Gasteiger partial charge in [0.2, 0.25) is 5.91 Å². The molecule has 1 aromatic carbocycles. The van der Waals surface area contributed by atoms with Gasteiger partial charge in [-0.05, 0) is 25.5 Å². The van der Waals surface area contributed by atoms with E-state index in [1.54, 1.807) is 23.1 Å². The van der Waals surface area contributed by atoms with E-state index in [0.717, 1.165) is 0 Å². The van der Waals surface area contributed by atoms with E-state index in [1.807, 2.05) is 13.8 Å². The van der Waals surface area contributed by atoms with Crippen LogP contribution in [0, 0.1) is 0 Å². The first-order chi connectivity index (χ1) is 11.0. The van der Waals surface area contributed by atoms with Gasteiger partial charge in [-0.2, -0.15) is 0 Å². The van der Waals surface area contributed by atoms with E-state index in [9.17, 15) is 14.4 Å². The van der Waals surface area contributed by atoms with Crippen molar-refractivity contribution in [2.45, 2.75) is 39.2 Å². The molecule has 1 aliphatic rings. The molecule has 1 atom stereocenters. The van der Waals surface area contributed by atoms with Crippen LogP contribution in [0.1, 0.15) is 33.1 Å². The summed E-state index contributed by atoms with van der Waals surface area (Å²) in [7, 11) is 0. The van der Waals surface area contributed by atoms with Crippen molar-refractivity contribution >= 4 is 29.2 Å². The standard InChI is InChI=1S/C16H20N2O5/c1-3-12-16(22)18(4-2)11-6-5-10(9-13(11)23-12)17-14(19)7-8-15(20)21/h5-6,9,12H,3-4,7-8H2,1-2H3,(H,17,19)(H,20,21). The van der Waals surface area contributed by atoms with E-state index in [-0.39, 0.29) is 24.7 Å². The summed E-state index contributed by atoms with van der Waals surface area (Å²) < 4.78 is 5.71. The van der Waals surface area contributed by atoms with E-state index in [0.29, 0.717) is 30.1 Å². The lowest BCUT2D eigenvalue weighted by Gasteiger charge is -2.33. The highest BCUT2D eigenvalue weighted by Crippen LogP contribution is 2.36. The maximum atomic E-state index is 12.2. The number of nitrogens with zero attached hydrogens (tertiary/aromatic N) is 1. The number of rotatable bonds is 6. The number of carboxylic acids is 1. The van der Waals surface area contributed by atoms with Crippen LogP contribution in [0.3, 0.4) is 0 Å². The van der Waals surface area contributed by atoms with Crippen molar-refractivity contribution in [1.29, 1.82) is 0 Å². The zero-order chi connectivity index (χ0) is 17.0. The number of ether oxygens (including phenoxy) is 1.